The van der Waals surface area contributed by atoms with Crippen molar-refractivity contribution in [3.05, 3.63) is 71.3 Å². The summed E-state index contributed by atoms with van der Waals surface area (Å²) in [6.07, 6.45) is 2.80. The van der Waals surface area contributed by atoms with Gasteiger partial charge in [-0.05, 0) is 37.3 Å². The molecule has 2 amide bonds. The number of urea groups is 1. The molecule has 3 nitrogen and oxygen atoms in total. The maximum Gasteiger partial charge on any atom is 0.314 e. The number of nitrogens with one attached hydrogen (secondary N) is 2. The van der Waals surface area contributed by atoms with Gasteiger partial charge < -0.3 is 10.6 Å². The molecule has 0 aliphatic heterocycles. The third-order valence-corrected chi connectivity index (χ3v) is 3.55. The minimum atomic E-state index is -0.0827. The van der Waals surface area contributed by atoms with Gasteiger partial charge in [0, 0.05) is 13.1 Å². The minimum Gasteiger partial charge on any atom is -0.338 e. The van der Waals surface area contributed by atoms with E-state index in [0.717, 1.165) is 19.3 Å². The van der Waals surface area contributed by atoms with Crippen molar-refractivity contribution in [2.75, 3.05) is 13.1 Å². The maximum absolute atomic E-state index is 11.7. The highest BCUT2D eigenvalue weighted by Gasteiger charge is 2.00. The predicted octanol–water partition coefficient (Wildman–Crippen LogP) is 3.47. The van der Waals surface area contributed by atoms with Gasteiger partial charge in [0.25, 0.3) is 0 Å². The molecule has 2 aromatic rings. The SMILES string of the molecule is Cc1cccc(CCNC(=O)NCCCc2ccccc2)c1. The van der Waals surface area contributed by atoms with Gasteiger partial charge in [-0.25, -0.2) is 4.79 Å². The molecule has 0 heterocycles. The Bertz CT molecular complexity index is 581. The second kappa shape index (κ2) is 8.88. The minimum absolute atomic E-state index is 0.0827. The van der Waals surface area contributed by atoms with E-state index in [1.54, 1.807) is 0 Å². The summed E-state index contributed by atoms with van der Waals surface area (Å²) in [5.41, 5.74) is 3.82. The van der Waals surface area contributed by atoms with Crippen LogP contribution in [0.5, 0.6) is 0 Å². The van der Waals surface area contributed by atoms with Gasteiger partial charge in [0.15, 0.2) is 0 Å². The molecule has 0 bridgehead atoms. The van der Waals surface area contributed by atoms with E-state index in [9.17, 15) is 4.79 Å². The van der Waals surface area contributed by atoms with E-state index in [2.05, 4.69) is 47.9 Å². The lowest BCUT2D eigenvalue weighted by atomic mass is 10.1. The van der Waals surface area contributed by atoms with Crippen LogP contribution in [0.2, 0.25) is 0 Å². The van der Waals surface area contributed by atoms with Gasteiger partial charge >= 0.3 is 6.03 Å². The number of aryl methyl sites for hydroxylation is 2. The Morgan fingerprint density at radius 3 is 2.36 bits per heavy atom. The van der Waals surface area contributed by atoms with Crippen LogP contribution in [0, 0.1) is 6.92 Å². The molecule has 0 fully saturated rings. The van der Waals surface area contributed by atoms with Gasteiger partial charge in [-0.1, -0.05) is 60.2 Å². The molecule has 0 spiro atoms. The molecule has 0 aliphatic carbocycles. The zero-order valence-electron chi connectivity index (χ0n) is 13.1. The van der Waals surface area contributed by atoms with E-state index in [-0.39, 0.29) is 6.03 Å². The standard InChI is InChI=1S/C19H24N2O/c1-16-7-5-10-18(15-16)12-14-21-19(22)20-13-6-11-17-8-3-2-4-9-17/h2-5,7-10,15H,6,11-14H2,1H3,(H2,20,21,22). The van der Waals surface area contributed by atoms with Crippen molar-refractivity contribution >= 4 is 6.03 Å². The first-order chi connectivity index (χ1) is 10.7. The van der Waals surface area contributed by atoms with E-state index >= 15 is 0 Å². The Labute approximate surface area is 132 Å². The van der Waals surface area contributed by atoms with Crippen LogP contribution in [-0.2, 0) is 12.8 Å². The summed E-state index contributed by atoms with van der Waals surface area (Å²) in [6.45, 7) is 3.44. The molecule has 22 heavy (non-hydrogen) atoms. The van der Waals surface area contributed by atoms with Gasteiger partial charge in [0.1, 0.15) is 0 Å². The van der Waals surface area contributed by atoms with Crippen LogP contribution >= 0.6 is 0 Å². The quantitative estimate of drug-likeness (QED) is 0.755. The summed E-state index contributed by atoms with van der Waals surface area (Å²) in [6, 6.07) is 18.6. The van der Waals surface area contributed by atoms with Crippen molar-refractivity contribution in [3.63, 3.8) is 0 Å². The highest BCUT2D eigenvalue weighted by molar-refractivity contribution is 5.73. The first kappa shape index (κ1) is 16.1. The molecular weight excluding hydrogens is 272 g/mol. The summed E-state index contributed by atoms with van der Waals surface area (Å²) in [5, 5.41) is 5.80. The summed E-state index contributed by atoms with van der Waals surface area (Å²) in [4.78, 5) is 11.7. The zero-order valence-corrected chi connectivity index (χ0v) is 13.1. The van der Waals surface area contributed by atoms with Gasteiger partial charge in [0.2, 0.25) is 0 Å². The molecule has 0 aromatic heterocycles. The van der Waals surface area contributed by atoms with Gasteiger partial charge in [0.05, 0.1) is 0 Å². The lowest BCUT2D eigenvalue weighted by Gasteiger charge is -2.08. The summed E-state index contributed by atoms with van der Waals surface area (Å²) in [7, 11) is 0. The largest absolute Gasteiger partial charge is 0.338 e. The lowest BCUT2D eigenvalue weighted by molar-refractivity contribution is 0.241. The van der Waals surface area contributed by atoms with Crippen molar-refractivity contribution in [1.29, 1.82) is 0 Å². The van der Waals surface area contributed by atoms with E-state index in [1.165, 1.54) is 16.7 Å². The average molecular weight is 296 g/mol. The number of amides is 2. The normalized spacial score (nSPS) is 10.2. The Hall–Kier alpha value is -2.29. The molecule has 0 radical (unpaired) electrons. The van der Waals surface area contributed by atoms with Crippen molar-refractivity contribution in [3.8, 4) is 0 Å². The molecule has 0 atom stereocenters. The fraction of sp³-hybridized carbons (Fsp3) is 0.316. The number of carbonyl (C=O) groups excluding carboxylic acids is 1. The fourth-order valence-electron chi connectivity index (χ4n) is 2.39. The highest BCUT2D eigenvalue weighted by atomic mass is 16.2. The maximum atomic E-state index is 11.7. The smallest absolute Gasteiger partial charge is 0.314 e. The van der Waals surface area contributed by atoms with Crippen molar-refractivity contribution in [1.82, 2.24) is 10.6 Å². The van der Waals surface area contributed by atoms with E-state index < -0.39 is 0 Å². The second-order valence-corrected chi connectivity index (χ2v) is 5.51. The van der Waals surface area contributed by atoms with Gasteiger partial charge in [-0.2, -0.15) is 0 Å². The lowest BCUT2D eigenvalue weighted by Crippen LogP contribution is -2.37. The molecule has 2 aromatic carbocycles. The van der Waals surface area contributed by atoms with Crippen molar-refractivity contribution in [2.24, 2.45) is 0 Å². The number of carbonyl (C=O) groups is 1. The summed E-state index contributed by atoms with van der Waals surface area (Å²) >= 11 is 0. The first-order valence-corrected chi connectivity index (χ1v) is 7.85. The third-order valence-electron chi connectivity index (χ3n) is 3.55. The summed E-state index contributed by atoms with van der Waals surface area (Å²) in [5.74, 6) is 0. The Balaban J connectivity index is 1.56. The van der Waals surface area contributed by atoms with Crippen molar-refractivity contribution in [2.45, 2.75) is 26.2 Å². The Morgan fingerprint density at radius 1 is 0.864 bits per heavy atom. The van der Waals surface area contributed by atoms with Crippen LogP contribution in [0.25, 0.3) is 0 Å². The molecule has 2 N–H and O–H groups in total. The van der Waals surface area contributed by atoms with Crippen LogP contribution in [0.3, 0.4) is 0 Å². The Kier molecular flexibility index (Phi) is 6.49. The number of rotatable bonds is 7. The number of hydrogen-bond donors (Lipinski definition) is 2. The number of hydrogen-bond acceptors (Lipinski definition) is 1. The third kappa shape index (κ3) is 6.00. The van der Waals surface area contributed by atoms with Crippen LogP contribution in [0.4, 0.5) is 4.79 Å². The first-order valence-electron chi connectivity index (χ1n) is 7.85. The zero-order chi connectivity index (χ0) is 15.6. The Morgan fingerprint density at radius 2 is 1.59 bits per heavy atom. The molecule has 0 unspecified atom stereocenters. The van der Waals surface area contributed by atoms with Crippen LogP contribution < -0.4 is 10.6 Å². The molecule has 3 heteroatoms. The monoisotopic (exact) mass is 296 g/mol. The topological polar surface area (TPSA) is 41.1 Å². The van der Waals surface area contributed by atoms with Gasteiger partial charge in [-0.3, -0.25) is 0 Å². The molecule has 0 saturated carbocycles. The van der Waals surface area contributed by atoms with E-state index in [4.69, 9.17) is 0 Å². The molecule has 0 saturated heterocycles. The van der Waals surface area contributed by atoms with E-state index in [1.807, 2.05) is 24.3 Å². The number of benzene rings is 2. The predicted molar refractivity (Wildman–Crippen MR) is 91.0 cm³/mol. The molecule has 0 aliphatic rings. The average Bonchev–Trinajstić information content (AvgIpc) is 2.53. The van der Waals surface area contributed by atoms with E-state index in [0.29, 0.717) is 13.1 Å². The second-order valence-electron chi connectivity index (χ2n) is 5.51. The van der Waals surface area contributed by atoms with Gasteiger partial charge in [-0.15, -0.1) is 0 Å². The molecule has 2 rings (SSSR count). The molecular formula is C19H24N2O. The van der Waals surface area contributed by atoms with Crippen LogP contribution in [0.15, 0.2) is 54.6 Å². The van der Waals surface area contributed by atoms with Crippen LogP contribution in [-0.4, -0.2) is 19.1 Å². The van der Waals surface area contributed by atoms with Crippen molar-refractivity contribution < 1.29 is 4.79 Å². The highest BCUT2D eigenvalue weighted by Crippen LogP contribution is 2.04. The molecule has 116 valence electrons. The fourth-order valence-corrected chi connectivity index (χ4v) is 2.39. The van der Waals surface area contributed by atoms with Crippen LogP contribution in [0.1, 0.15) is 23.1 Å². The summed E-state index contributed by atoms with van der Waals surface area (Å²) < 4.78 is 0.